The Bertz CT molecular complexity index is 1100. The fourth-order valence-electron chi connectivity index (χ4n) is 2.23. The number of nitrogens with one attached hydrogen (secondary N) is 1. The van der Waals surface area contributed by atoms with E-state index in [9.17, 15) is 18.0 Å². The second kappa shape index (κ2) is 6.40. The molecule has 1 aromatic heterocycles. The van der Waals surface area contributed by atoms with Gasteiger partial charge in [0.15, 0.2) is 12.0 Å². The number of benzene rings is 2. The average molecular weight is 359 g/mol. The van der Waals surface area contributed by atoms with Crippen LogP contribution in [0.1, 0.15) is 10.4 Å². The van der Waals surface area contributed by atoms with E-state index in [-0.39, 0.29) is 28.0 Å². The molecule has 1 N–H and O–H groups in total. The van der Waals surface area contributed by atoms with Gasteiger partial charge in [-0.2, -0.15) is 0 Å². The van der Waals surface area contributed by atoms with Gasteiger partial charge in [0.2, 0.25) is 15.5 Å². The Kier molecular flexibility index (Phi) is 4.28. The molecule has 0 saturated heterocycles. The maximum absolute atomic E-state index is 12.3. The molecular formula is C17H13NO6S. The van der Waals surface area contributed by atoms with Gasteiger partial charge in [-0.1, -0.05) is 18.2 Å². The summed E-state index contributed by atoms with van der Waals surface area (Å²) in [5, 5.41) is 0.106. The topological polar surface area (TPSA) is 103 Å². The minimum Gasteiger partial charge on any atom is -0.463 e. The first kappa shape index (κ1) is 16.7. The Hall–Kier alpha value is -3.13. The van der Waals surface area contributed by atoms with Gasteiger partial charge < -0.3 is 9.15 Å². The van der Waals surface area contributed by atoms with Crippen LogP contribution in [0.2, 0.25) is 0 Å². The van der Waals surface area contributed by atoms with E-state index in [0.717, 1.165) is 12.5 Å². The standard InChI is InChI=1S/C17H13NO6S/c1-25(21,22)18-14-8-15-13(17(20)11(9-19)10-23-15)7-16(14)24-12-5-3-2-4-6-12/h2-10,18H,1H3. The highest BCUT2D eigenvalue weighted by molar-refractivity contribution is 7.92. The minimum atomic E-state index is -3.59. The van der Waals surface area contributed by atoms with Crippen molar-refractivity contribution >= 4 is 33.0 Å². The highest BCUT2D eigenvalue weighted by atomic mass is 32.2. The predicted octanol–water partition coefficient (Wildman–Crippen LogP) is 2.77. The fraction of sp³-hybridized carbons (Fsp3) is 0.0588. The van der Waals surface area contributed by atoms with Crippen molar-refractivity contribution in [1.82, 2.24) is 0 Å². The highest BCUT2D eigenvalue weighted by Gasteiger charge is 2.15. The molecule has 7 nitrogen and oxygen atoms in total. The van der Waals surface area contributed by atoms with Crippen molar-refractivity contribution in [3.05, 3.63) is 64.5 Å². The number of aldehydes is 1. The Morgan fingerprint density at radius 1 is 1.16 bits per heavy atom. The van der Waals surface area contributed by atoms with E-state index in [0.29, 0.717) is 12.0 Å². The second-order valence-electron chi connectivity index (χ2n) is 5.27. The van der Waals surface area contributed by atoms with Crippen LogP contribution in [-0.4, -0.2) is 21.0 Å². The maximum Gasteiger partial charge on any atom is 0.229 e. The molecule has 25 heavy (non-hydrogen) atoms. The average Bonchev–Trinajstić information content (AvgIpc) is 2.56. The number of fused-ring (bicyclic) bond motifs is 1. The van der Waals surface area contributed by atoms with E-state index < -0.39 is 15.5 Å². The van der Waals surface area contributed by atoms with Crippen molar-refractivity contribution in [3.63, 3.8) is 0 Å². The number of anilines is 1. The lowest BCUT2D eigenvalue weighted by molar-refractivity contribution is 0.112. The van der Waals surface area contributed by atoms with Crippen LogP contribution >= 0.6 is 0 Å². The quantitative estimate of drug-likeness (QED) is 0.703. The number of carbonyl (C=O) groups is 1. The van der Waals surface area contributed by atoms with Crippen LogP contribution in [0, 0.1) is 0 Å². The number of ether oxygens (including phenoxy) is 1. The van der Waals surface area contributed by atoms with E-state index in [1.54, 1.807) is 30.3 Å². The Morgan fingerprint density at radius 2 is 1.88 bits per heavy atom. The fourth-order valence-corrected chi connectivity index (χ4v) is 2.79. The number of carbonyl (C=O) groups excluding carboxylic acids is 1. The van der Waals surface area contributed by atoms with Crippen LogP contribution in [0.15, 0.2) is 57.9 Å². The minimum absolute atomic E-state index is 0.106. The molecule has 0 aliphatic carbocycles. The number of sulfonamides is 1. The summed E-state index contributed by atoms with van der Waals surface area (Å²) in [6.45, 7) is 0. The van der Waals surface area contributed by atoms with Gasteiger partial charge in [-0.05, 0) is 18.2 Å². The van der Waals surface area contributed by atoms with Gasteiger partial charge >= 0.3 is 0 Å². The lowest BCUT2D eigenvalue weighted by Gasteiger charge is -2.13. The summed E-state index contributed by atoms with van der Waals surface area (Å²) in [6.07, 6.45) is 2.42. The van der Waals surface area contributed by atoms with Crippen LogP contribution in [0.5, 0.6) is 11.5 Å². The van der Waals surface area contributed by atoms with Crippen molar-refractivity contribution in [3.8, 4) is 11.5 Å². The maximum atomic E-state index is 12.3. The summed E-state index contributed by atoms with van der Waals surface area (Å²) in [7, 11) is -3.59. The van der Waals surface area contributed by atoms with E-state index in [2.05, 4.69) is 4.72 Å². The molecule has 1 heterocycles. The summed E-state index contributed by atoms with van der Waals surface area (Å²) < 4.78 is 36.5. The third kappa shape index (κ3) is 3.69. The first-order chi connectivity index (χ1) is 11.9. The first-order valence-electron chi connectivity index (χ1n) is 7.13. The van der Waals surface area contributed by atoms with Gasteiger partial charge in [0.1, 0.15) is 17.6 Å². The summed E-state index contributed by atoms with van der Waals surface area (Å²) in [6, 6.07) is 11.3. The van der Waals surface area contributed by atoms with Crippen LogP contribution in [-0.2, 0) is 10.0 Å². The van der Waals surface area contributed by atoms with Crippen molar-refractivity contribution in [2.75, 3.05) is 11.0 Å². The van der Waals surface area contributed by atoms with Gasteiger partial charge in [-0.25, -0.2) is 8.42 Å². The first-order valence-corrected chi connectivity index (χ1v) is 9.02. The molecule has 0 atom stereocenters. The van der Waals surface area contributed by atoms with Crippen LogP contribution in [0.25, 0.3) is 11.0 Å². The van der Waals surface area contributed by atoms with Crippen molar-refractivity contribution in [2.45, 2.75) is 0 Å². The number of rotatable bonds is 5. The molecule has 3 rings (SSSR count). The number of hydrogen-bond acceptors (Lipinski definition) is 6. The molecule has 0 bridgehead atoms. The van der Waals surface area contributed by atoms with Crippen LogP contribution < -0.4 is 14.9 Å². The highest BCUT2D eigenvalue weighted by Crippen LogP contribution is 2.33. The zero-order chi connectivity index (χ0) is 18.0. The molecule has 0 aliphatic rings. The molecule has 0 unspecified atom stereocenters. The second-order valence-corrected chi connectivity index (χ2v) is 7.02. The molecule has 0 spiro atoms. The van der Waals surface area contributed by atoms with Crippen molar-refractivity contribution < 1.29 is 22.4 Å². The molecule has 3 aromatic rings. The van der Waals surface area contributed by atoms with Gasteiger partial charge in [0.25, 0.3) is 0 Å². The molecule has 0 radical (unpaired) electrons. The summed E-state index contributed by atoms with van der Waals surface area (Å²) >= 11 is 0. The Morgan fingerprint density at radius 3 is 2.52 bits per heavy atom. The molecule has 0 aliphatic heterocycles. The van der Waals surface area contributed by atoms with Crippen molar-refractivity contribution in [1.29, 1.82) is 0 Å². The third-order valence-corrected chi connectivity index (χ3v) is 3.89. The largest absolute Gasteiger partial charge is 0.463 e. The summed E-state index contributed by atoms with van der Waals surface area (Å²) in [5.41, 5.74) is -0.426. The van der Waals surface area contributed by atoms with Gasteiger partial charge in [-0.15, -0.1) is 0 Å². The molecular weight excluding hydrogens is 346 g/mol. The lowest BCUT2D eigenvalue weighted by Crippen LogP contribution is -2.12. The van der Waals surface area contributed by atoms with Crippen molar-refractivity contribution in [2.24, 2.45) is 0 Å². The molecule has 128 valence electrons. The molecule has 0 fully saturated rings. The van der Waals surface area contributed by atoms with Gasteiger partial charge in [0.05, 0.1) is 22.9 Å². The Labute approximate surface area is 142 Å². The molecule has 2 aromatic carbocycles. The smallest absolute Gasteiger partial charge is 0.229 e. The SMILES string of the molecule is CS(=O)(=O)Nc1cc2occ(C=O)c(=O)c2cc1Oc1ccccc1. The summed E-state index contributed by atoms with van der Waals surface area (Å²) in [4.78, 5) is 23.2. The van der Waals surface area contributed by atoms with Crippen LogP contribution in [0.3, 0.4) is 0 Å². The predicted molar refractivity (Wildman–Crippen MR) is 92.9 cm³/mol. The zero-order valence-corrected chi connectivity index (χ0v) is 13.9. The monoisotopic (exact) mass is 359 g/mol. The van der Waals surface area contributed by atoms with Gasteiger partial charge in [0, 0.05) is 6.07 Å². The lowest BCUT2D eigenvalue weighted by atomic mass is 10.1. The van der Waals surface area contributed by atoms with E-state index >= 15 is 0 Å². The molecule has 0 amide bonds. The van der Waals surface area contributed by atoms with E-state index in [1.165, 1.54) is 12.1 Å². The number of hydrogen-bond donors (Lipinski definition) is 1. The number of para-hydroxylation sites is 1. The van der Waals surface area contributed by atoms with Gasteiger partial charge in [-0.3, -0.25) is 14.3 Å². The normalized spacial score (nSPS) is 11.2. The molecule has 0 saturated carbocycles. The van der Waals surface area contributed by atoms with E-state index in [4.69, 9.17) is 9.15 Å². The van der Waals surface area contributed by atoms with E-state index in [1.807, 2.05) is 0 Å². The zero-order valence-electron chi connectivity index (χ0n) is 13.1. The third-order valence-electron chi connectivity index (χ3n) is 3.29. The Balaban J connectivity index is 2.22. The molecule has 8 heteroatoms. The summed E-state index contributed by atoms with van der Waals surface area (Å²) in [5.74, 6) is 0.564. The van der Waals surface area contributed by atoms with Crippen LogP contribution in [0.4, 0.5) is 5.69 Å².